The van der Waals surface area contributed by atoms with Crippen LogP contribution in [0.25, 0.3) is 0 Å². The maximum atomic E-state index is 12.7. The van der Waals surface area contributed by atoms with E-state index in [2.05, 4.69) is 30.4 Å². The zero-order valence-electron chi connectivity index (χ0n) is 17.9. The normalized spacial score (nSPS) is 20.1. The number of nitrogens with zero attached hydrogens (tertiary/aromatic N) is 1. The highest BCUT2D eigenvalue weighted by molar-refractivity contribution is 8.04. The number of hydrogen-bond acceptors (Lipinski definition) is 4. The number of hydrogen-bond donors (Lipinski definition) is 1. The molecule has 0 bridgehead atoms. The monoisotopic (exact) mass is 432 g/mol. The summed E-state index contributed by atoms with van der Waals surface area (Å²) in [7, 11) is 0. The van der Waals surface area contributed by atoms with Crippen molar-refractivity contribution in [2.45, 2.75) is 57.3 Å². The molecule has 1 saturated carbocycles. The van der Waals surface area contributed by atoms with E-state index in [0.717, 1.165) is 47.6 Å². The molecule has 1 heterocycles. The quantitative estimate of drug-likeness (QED) is 0.584. The van der Waals surface area contributed by atoms with Crippen molar-refractivity contribution in [2.24, 2.45) is 5.92 Å². The number of ether oxygens (including phenoxy) is 1. The average Bonchev–Trinajstić information content (AvgIpc) is 3.16. The lowest BCUT2D eigenvalue weighted by Gasteiger charge is -2.24. The minimum atomic E-state index is -0.159. The van der Waals surface area contributed by atoms with Crippen molar-refractivity contribution in [1.82, 2.24) is 5.32 Å². The number of carbonyl (C=O) groups excluding carboxylic acids is 1. The second-order valence-electron chi connectivity index (χ2n) is 8.24. The topological polar surface area (TPSA) is 62.1 Å². The van der Waals surface area contributed by atoms with Crippen LogP contribution in [-0.2, 0) is 13.0 Å². The van der Waals surface area contributed by atoms with Gasteiger partial charge < -0.3 is 10.1 Å². The molecule has 1 N–H and O–H groups in total. The van der Waals surface area contributed by atoms with E-state index in [1.54, 1.807) is 11.8 Å². The highest BCUT2D eigenvalue weighted by Crippen LogP contribution is 2.47. The lowest BCUT2D eigenvalue weighted by Crippen LogP contribution is -2.21. The largest absolute Gasteiger partial charge is 0.489 e. The van der Waals surface area contributed by atoms with Crippen molar-refractivity contribution in [2.75, 3.05) is 0 Å². The third kappa shape index (κ3) is 5.14. The van der Waals surface area contributed by atoms with Crippen molar-refractivity contribution in [1.29, 1.82) is 5.26 Å². The van der Waals surface area contributed by atoms with E-state index in [4.69, 9.17) is 4.74 Å². The van der Waals surface area contributed by atoms with E-state index < -0.39 is 0 Å². The van der Waals surface area contributed by atoms with E-state index in [0.29, 0.717) is 23.3 Å². The maximum Gasteiger partial charge on any atom is 0.256 e. The van der Waals surface area contributed by atoms with Gasteiger partial charge in [0.1, 0.15) is 12.4 Å². The predicted octanol–water partition coefficient (Wildman–Crippen LogP) is 5.99. The summed E-state index contributed by atoms with van der Waals surface area (Å²) >= 11 is 1.67. The summed E-state index contributed by atoms with van der Waals surface area (Å²) in [5.74, 6) is 0.986. The zero-order valence-corrected chi connectivity index (χ0v) is 18.7. The van der Waals surface area contributed by atoms with E-state index in [1.165, 1.54) is 18.4 Å². The number of amides is 1. The van der Waals surface area contributed by atoms with Crippen LogP contribution in [0, 0.1) is 17.2 Å². The van der Waals surface area contributed by atoms with Gasteiger partial charge in [-0.25, -0.2) is 0 Å². The number of thioether (sulfide) groups is 1. The number of rotatable bonds is 7. The van der Waals surface area contributed by atoms with Crippen LogP contribution in [0.3, 0.4) is 0 Å². The van der Waals surface area contributed by atoms with Crippen molar-refractivity contribution in [3.63, 3.8) is 0 Å². The van der Waals surface area contributed by atoms with Gasteiger partial charge in [0, 0.05) is 16.7 Å². The maximum absolute atomic E-state index is 12.7. The summed E-state index contributed by atoms with van der Waals surface area (Å²) in [6.07, 6.45) is 6.76. The molecule has 4 rings (SSSR count). The molecule has 2 atom stereocenters. The van der Waals surface area contributed by atoms with Crippen LogP contribution >= 0.6 is 11.8 Å². The molecule has 0 unspecified atom stereocenters. The van der Waals surface area contributed by atoms with Gasteiger partial charge in [-0.15, -0.1) is 11.8 Å². The van der Waals surface area contributed by atoms with Gasteiger partial charge in [-0.05, 0) is 54.7 Å². The Morgan fingerprint density at radius 1 is 1.10 bits per heavy atom. The number of allylic oxidation sites excluding steroid dienone is 1. The predicted molar refractivity (Wildman–Crippen MR) is 125 cm³/mol. The molecule has 4 nitrogen and oxygen atoms in total. The fourth-order valence-corrected chi connectivity index (χ4v) is 5.82. The van der Waals surface area contributed by atoms with Crippen LogP contribution in [-0.4, -0.2) is 11.2 Å². The Balaban J connectivity index is 1.34. The summed E-state index contributed by atoms with van der Waals surface area (Å²) in [6, 6.07) is 18.0. The fraction of sp³-hybridized carbons (Fsp3) is 0.385. The Labute approximate surface area is 188 Å². The first-order chi connectivity index (χ1) is 15.2. The van der Waals surface area contributed by atoms with Crippen LogP contribution < -0.4 is 10.1 Å². The molecule has 2 aromatic carbocycles. The molecule has 2 aromatic rings. The Kier molecular flexibility index (Phi) is 6.99. The zero-order chi connectivity index (χ0) is 21.6. The van der Waals surface area contributed by atoms with Crippen LogP contribution in [0.2, 0.25) is 0 Å². The fourth-order valence-electron chi connectivity index (χ4n) is 4.32. The molecule has 1 aliphatic heterocycles. The third-order valence-electron chi connectivity index (χ3n) is 6.02. The Bertz CT molecular complexity index is 990. The standard InChI is InChI=1S/C26H28N2O2S/c1-2-5-18-10-14-21(15-11-18)30-17-19-8-12-20(13-9-19)25(29)28-26-23(16-27)22-6-3-4-7-24(22)31-26/h8-15,22,24H,2-7,17H2,1H3,(H,28,29)/t22-,24+/m1/s1. The second kappa shape index (κ2) is 10.1. The lowest BCUT2D eigenvalue weighted by molar-refractivity contribution is 0.0968. The van der Waals surface area contributed by atoms with Crippen LogP contribution in [0.15, 0.2) is 59.1 Å². The number of benzene rings is 2. The molecule has 1 fully saturated rings. The van der Waals surface area contributed by atoms with E-state index in [-0.39, 0.29) is 5.91 Å². The third-order valence-corrected chi connectivity index (χ3v) is 7.44. The molecule has 1 amide bonds. The average molecular weight is 433 g/mol. The summed E-state index contributed by atoms with van der Waals surface area (Å²) in [5.41, 5.74) is 3.68. The Morgan fingerprint density at radius 2 is 1.81 bits per heavy atom. The first kappa shape index (κ1) is 21.5. The number of nitrogens with one attached hydrogen (secondary N) is 1. The number of carbonyl (C=O) groups is 1. The highest BCUT2D eigenvalue weighted by atomic mass is 32.2. The van der Waals surface area contributed by atoms with Crippen molar-refractivity contribution < 1.29 is 9.53 Å². The molecule has 1 aliphatic carbocycles. The first-order valence-electron chi connectivity index (χ1n) is 11.1. The summed E-state index contributed by atoms with van der Waals surface area (Å²) < 4.78 is 5.87. The van der Waals surface area contributed by atoms with Gasteiger partial charge in [-0.1, -0.05) is 50.5 Å². The molecular formula is C26H28N2O2S. The van der Waals surface area contributed by atoms with E-state index in [1.807, 2.05) is 36.4 Å². The van der Waals surface area contributed by atoms with Gasteiger partial charge in [0.2, 0.25) is 0 Å². The van der Waals surface area contributed by atoms with Gasteiger partial charge in [-0.2, -0.15) is 5.26 Å². The molecule has 0 radical (unpaired) electrons. The van der Waals surface area contributed by atoms with E-state index in [9.17, 15) is 10.1 Å². The Hall–Kier alpha value is -2.71. The highest BCUT2D eigenvalue weighted by Gasteiger charge is 2.38. The van der Waals surface area contributed by atoms with Gasteiger partial charge in [0.05, 0.1) is 16.7 Å². The summed E-state index contributed by atoms with van der Waals surface area (Å²) in [6.45, 7) is 2.63. The van der Waals surface area contributed by atoms with Crippen LogP contribution in [0.4, 0.5) is 0 Å². The smallest absolute Gasteiger partial charge is 0.256 e. The lowest BCUT2D eigenvalue weighted by atomic mass is 9.84. The second-order valence-corrected chi connectivity index (χ2v) is 9.48. The van der Waals surface area contributed by atoms with Gasteiger partial charge in [-0.3, -0.25) is 4.79 Å². The molecule has 5 heteroatoms. The SMILES string of the molecule is CCCc1ccc(OCc2ccc(C(=O)NC3=C(C#N)[C@H]4CCCC[C@@H]4S3)cc2)cc1. The van der Waals surface area contributed by atoms with Crippen molar-refractivity contribution in [3.8, 4) is 11.8 Å². The molecule has 31 heavy (non-hydrogen) atoms. The van der Waals surface area contributed by atoms with Crippen molar-refractivity contribution >= 4 is 17.7 Å². The number of aryl methyl sites for hydroxylation is 1. The molecule has 0 saturated heterocycles. The minimum absolute atomic E-state index is 0.159. The van der Waals surface area contributed by atoms with Gasteiger partial charge in [0.25, 0.3) is 5.91 Å². The molecule has 160 valence electrons. The van der Waals surface area contributed by atoms with Crippen LogP contribution in [0.1, 0.15) is 60.5 Å². The molecular weight excluding hydrogens is 404 g/mol. The molecule has 0 aromatic heterocycles. The molecule has 0 spiro atoms. The molecule has 2 aliphatic rings. The van der Waals surface area contributed by atoms with Crippen LogP contribution in [0.5, 0.6) is 5.75 Å². The summed E-state index contributed by atoms with van der Waals surface area (Å²) in [5, 5.41) is 13.8. The number of nitriles is 1. The van der Waals surface area contributed by atoms with E-state index >= 15 is 0 Å². The minimum Gasteiger partial charge on any atom is -0.489 e. The first-order valence-corrected chi connectivity index (χ1v) is 12.0. The number of fused-ring (bicyclic) bond motifs is 1. The Morgan fingerprint density at radius 3 is 2.52 bits per heavy atom. The van der Waals surface area contributed by atoms with Gasteiger partial charge >= 0.3 is 0 Å². The van der Waals surface area contributed by atoms with Crippen molar-refractivity contribution in [3.05, 3.63) is 75.8 Å². The summed E-state index contributed by atoms with van der Waals surface area (Å²) in [4.78, 5) is 12.7. The van der Waals surface area contributed by atoms with Gasteiger partial charge in [0.15, 0.2) is 0 Å².